The number of fused-ring (bicyclic) bond motifs is 4. The van der Waals surface area contributed by atoms with Gasteiger partial charge in [0.15, 0.2) is 0 Å². The van der Waals surface area contributed by atoms with Crippen LogP contribution >= 0.6 is 0 Å². The molecule has 20 heavy (non-hydrogen) atoms. The largest absolute Gasteiger partial charge is 0.364 e. The quantitative estimate of drug-likeness (QED) is 0.910. The van der Waals surface area contributed by atoms with Crippen LogP contribution in [0, 0.1) is 5.92 Å². The van der Waals surface area contributed by atoms with Gasteiger partial charge in [-0.15, -0.1) is 0 Å². The summed E-state index contributed by atoms with van der Waals surface area (Å²) < 4.78 is 2.17. The molecule has 0 spiro atoms. The highest BCUT2D eigenvalue weighted by atomic mass is 16.1. The standard InChI is InChI=1S/C16H19N3O/c17-16(20)14-10-12-3-1-2-4-13(12)19(14)15-9-11-5-7-18(15)8-6-11/h1-4,10-11,15H,5-9H2,(H2,17,20). The first-order chi connectivity index (χ1) is 9.74. The number of amides is 1. The van der Waals surface area contributed by atoms with E-state index in [4.69, 9.17) is 5.73 Å². The molecule has 1 unspecified atom stereocenters. The summed E-state index contributed by atoms with van der Waals surface area (Å²) in [7, 11) is 0. The monoisotopic (exact) mass is 269 g/mol. The first kappa shape index (κ1) is 12.0. The van der Waals surface area contributed by atoms with Gasteiger partial charge in [-0.25, -0.2) is 0 Å². The van der Waals surface area contributed by atoms with E-state index in [-0.39, 0.29) is 5.91 Å². The molecule has 1 amide bonds. The molecule has 1 atom stereocenters. The number of hydrogen-bond acceptors (Lipinski definition) is 2. The summed E-state index contributed by atoms with van der Waals surface area (Å²) >= 11 is 0. The molecule has 3 aliphatic heterocycles. The average molecular weight is 269 g/mol. The van der Waals surface area contributed by atoms with Crippen molar-refractivity contribution in [2.75, 3.05) is 13.1 Å². The van der Waals surface area contributed by atoms with Crippen LogP contribution < -0.4 is 5.73 Å². The molecule has 0 aliphatic carbocycles. The van der Waals surface area contributed by atoms with Crippen molar-refractivity contribution in [1.29, 1.82) is 0 Å². The highest BCUT2D eigenvalue weighted by Gasteiger charge is 2.36. The number of piperidine rings is 3. The van der Waals surface area contributed by atoms with Crippen LogP contribution in [0.5, 0.6) is 0 Å². The van der Waals surface area contributed by atoms with Crippen LogP contribution in [0.4, 0.5) is 0 Å². The maximum Gasteiger partial charge on any atom is 0.265 e. The fourth-order valence-corrected chi connectivity index (χ4v) is 3.89. The van der Waals surface area contributed by atoms with E-state index in [1.54, 1.807) is 0 Å². The molecule has 104 valence electrons. The normalized spacial score (nSPS) is 28.9. The average Bonchev–Trinajstić information content (AvgIpc) is 2.88. The Morgan fingerprint density at radius 3 is 2.60 bits per heavy atom. The van der Waals surface area contributed by atoms with Crippen molar-refractivity contribution in [2.45, 2.75) is 25.4 Å². The number of nitrogens with zero attached hydrogens (tertiary/aromatic N) is 2. The number of aromatic nitrogens is 1. The molecule has 2 bridgehead atoms. The molecule has 0 saturated carbocycles. The Morgan fingerprint density at radius 2 is 1.95 bits per heavy atom. The molecule has 4 heteroatoms. The molecule has 3 fully saturated rings. The third-order valence-corrected chi connectivity index (χ3v) is 4.91. The predicted octanol–water partition coefficient (Wildman–Crippen LogP) is 2.35. The highest BCUT2D eigenvalue weighted by molar-refractivity contribution is 5.97. The number of para-hydroxylation sites is 1. The molecule has 5 rings (SSSR count). The Bertz CT molecular complexity index is 667. The second-order valence-corrected chi connectivity index (χ2v) is 6.02. The fourth-order valence-electron chi connectivity index (χ4n) is 3.89. The molecule has 1 aromatic heterocycles. The predicted molar refractivity (Wildman–Crippen MR) is 78.4 cm³/mol. The summed E-state index contributed by atoms with van der Waals surface area (Å²) in [4.78, 5) is 14.3. The van der Waals surface area contributed by atoms with Crippen molar-refractivity contribution in [3.05, 3.63) is 36.0 Å². The Labute approximate surface area is 118 Å². The minimum absolute atomic E-state index is 0.296. The van der Waals surface area contributed by atoms with Gasteiger partial charge < -0.3 is 10.3 Å². The molecule has 4 nitrogen and oxygen atoms in total. The Morgan fingerprint density at radius 1 is 1.20 bits per heavy atom. The van der Waals surface area contributed by atoms with Crippen LogP contribution in [0.3, 0.4) is 0 Å². The lowest BCUT2D eigenvalue weighted by Crippen LogP contribution is -2.46. The minimum Gasteiger partial charge on any atom is -0.364 e. The van der Waals surface area contributed by atoms with Crippen LogP contribution in [0.25, 0.3) is 10.9 Å². The van der Waals surface area contributed by atoms with Crippen molar-refractivity contribution in [3.8, 4) is 0 Å². The van der Waals surface area contributed by atoms with Gasteiger partial charge in [-0.2, -0.15) is 0 Å². The van der Waals surface area contributed by atoms with E-state index in [9.17, 15) is 4.79 Å². The van der Waals surface area contributed by atoms with Gasteiger partial charge in [0, 0.05) is 18.5 Å². The second kappa shape index (κ2) is 4.35. The molecule has 2 aromatic rings. The summed E-state index contributed by atoms with van der Waals surface area (Å²) in [6, 6.07) is 10.1. The number of carbonyl (C=O) groups excluding carboxylic acids is 1. The lowest BCUT2D eigenvalue weighted by Gasteiger charge is -2.46. The summed E-state index contributed by atoms with van der Waals surface area (Å²) in [6.45, 7) is 2.28. The Kier molecular flexibility index (Phi) is 2.60. The molecular weight excluding hydrogens is 250 g/mol. The minimum atomic E-state index is -0.330. The topological polar surface area (TPSA) is 51.3 Å². The van der Waals surface area contributed by atoms with E-state index in [1.165, 1.54) is 12.8 Å². The number of benzene rings is 1. The molecule has 2 N–H and O–H groups in total. The van der Waals surface area contributed by atoms with Crippen LogP contribution in [0.2, 0.25) is 0 Å². The summed E-state index contributed by atoms with van der Waals surface area (Å²) in [5, 5.41) is 1.10. The van der Waals surface area contributed by atoms with Crippen LogP contribution in [0.1, 0.15) is 35.9 Å². The van der Waals surface area contributed by atoms with E-state index >= 15 is 0 Å². The van der Waals surface area contributed by atoms with Gasteiger partial charge in [0.25, 0.3) is 5.91 Å². The lowest BCUT2D eigenvalue weighted by molar-refractivity contribution is 0.0111. The zero-order chi connectivity index (χ0) is 13.7. The van der Waals surface area contributed by atoms with Crippen molar-refractivity contribution < 1.29 is 4.79 Å². The highest BCUT2D eigenvalue weighted by Crippen LogP contribution is 2.40. The zero-order valence-corrected chi connectivity index (χ0v) is 11.5. The van der Waals surface area contributed by atoms with Gasteiger partial charge in [-0.3, -0.25) is 9.69 Å². The number of nitrogens with two attached hydrogens (primary N) is 1. The molecule has 0 radical (unpaired) electrons. The van der Waals surface area contributed by atoms with Gasteiger partial charge in [0.05, 0.1) is 11.7 Å². The van der Waals surface area contributed by atoms with E-state index in [0.29, 0.717) is 11.9 Å². The molecular formula is C16H19N3O. The third-order valence-electron chi connectivity index (χ3n) is 4.91. The second-order valence-electron chi connectivity index (χ2n) is 6.02. The summed E-state index contributed by atoms with van der Waals surface area (Å²) in [5.41, 5.74) is 7.37. The van der Waals surface area contributed by atoms with Crippen LogP contribution in [0.15, 0.2) is 30.3 Å². The summed E-state index contributed by atoms with van der Waals surface area (Å²) in [6.07, 6.45) is 4.02. The number of carbonyl (C=O) groups is 1. The maximum atomic E-state index is 11.8. The van der Waals surface area contributed by atoms with Gasteiger partial charge in [0.1, 0.15) is 5.69 Å². The van der Waals surface area contributed by atoms with E-state index in [0.717, 1.165) is 36.3 Å². The van der Waals surface area contributed by atoms with E-state index in [1.807, 2.05) is 18.2 Å². The first-order valence-electron chi connectivity index (χ1n) is 7.38. The number of primary amides is 1. The summed E-state index contributed by atoms with van der Waals surface area (Å²) in [5.74, 6) is 0.468. The van der Waals surface area contributed by atoms with Gasteiger partial charge in [-0.1, -0.05) is 18.2 Å². The van der Waals surface area contributed by atoms with Crippen LogP contribution in [-0.2, 0) is 0 Å². The van der Waals surface area contributed by atoms with Crippen molar-refractivity contribution in [1.82, 2.24) is 9.47 Å². The van der Waals surface area contributed by atoms with Crippen molar-refractivity contribution >= 4 is 16.8 Å². The Balaban J connectivity index is 1.89. The fraction of sp³-hybridized carbons (Fsp3) is 0.438. The molecule has 3 saturated heterocycles. The maximum absolute atomic E-state index is 11.8. The first-order valence-corrected chi connectivity index (χ1v) is 7.38. The SMILES string of the molecule is NC(=O)c1cc2ccccc2n1C1CC2CCN1CC2. The third kappa shape index (κ3) is 1.68. The molecule has 1 aromatic carbocycles. The lowest BCUT2D eigenvalue weighted by atomic mass is 9.86. The Hall–Kier alpha value is -1.81. The van der Waals surface area contributed by atoms with Gasteiger partial charge in [0.2, 0.25) is 0 Å². The zero-order valence-electron chi connectivity index (χ0n) is 11.5. The molecule has 4 heterocycles. The number of rotatable bonds is 2. The van der Waals surface area contributed by atoms with Crippen molar-refractivity contribution in [3.63, 3.8) is 0 Å². The van der Waals surface area contributed by atoms with Gasteiger partial charge in [-0.05, 0) is 37.3 Å². The van der Waals surface area contributed by atoms with E-state index in [2.05, 4.69) is 21.6 Å². The van der Waals surface area contributed by atoms with Crippen LogP contribution in [-0.4, -0.2) is 28.5 Å². The smallest absolute Gasteiger partial charge is 0.265 e. The number of hydrogen-bond donors (Lipinski definition) is 1. The van der Waals surface area contributed by atoms with Crippen molar-refractivity contribution in [2.24, 2.45) is 11.7 Å². The van der Waals surface area contributed by atoms with E-state index < -0.39 is 0 Å². The van der Waals surface area contributed by atoms with Gasteiger partial charge >= 0.3 is 0 Å². The molecule has 3 aliphatic rings.